The van der Waals surface area contributed by atoms with Crippen LogP contribution in [-0.2, 0) is 29.1 Å². The lowest BCUT2D eigenvalue weighted by atomic mass is 10.0. The van der Waals surface area contributed by atoms with E-state index in [9.17, 15) is 27.6 Å². The van der Waals surface area contributed by atoms with Gasteiger partial charge in [0, 0.05) is 22.2 Å². The minimum atomic E-state index is -4.15. The molecule has 1 saturated heterocycles. The van der Waals surface area contributed by atoms with Crippen molar-refractivity contribution in [1.29, 1.82) is 0 Å². The van der Waals surface area contributed by atoms with Crippen molar-refractivity contribution in [3.63, 3.8) is 0 Å². The highest BCUT2D eigenvalue weighted by molar-refractivity contribution is 7.90. The summed E-state index contributed by atoms with van der Waals surface area (Å²) >= 11 is 1.32. The van der Waals surface area contributed by atoms with E-state index in [1.807, 2.05) is 12.2 Å². The van der Waals surface area contributed by atoms with E-state index in [4.69, 9.17) is 4.74 Å². The lowest BCUT2D eigenvalue weighted by molar-refractivity contribution is -0.141. The number of carbonyl (C=O) groups is 4. The normalized spacial score (nSPS) is 27.2. The molecular weight excluding hydrogens is 580 g/mol. The molecule has 42 heavy (non-hydrogen) atoms. The molecule has 232 valence electrons. The summed E-state index contributed by atoms with van der Waals surface area (Å²) in [5, 5.41) is 5.55. The summed E-state index contributed by atoms with van der Waals surface area (Å²) in [7, 11) is -4.15. The van der Waals surface area contributed by atoms with Crippen LogP contribution in [0.5, 0.6) is 0 Å². The van der Waals surface area contributed by atoms with E-state index in [0.29, 0.717) is 37.1 Å². The molecule has 1 aromatic rings. The van der Waals surface area contributed by atoms with Gasteiger partial charge < -0.3 is 20.3 Å². The molecule has 2 fully saturated rings. The molecule has 13 heteroatoms. The average Bonchev–Trinajstić information content (AvgIpc) is 3.18. The van der Waals surface area contributed by atoms with E-state index in [2.05, 4.69) is 15.4 Å². The van der Waals surface area contributed by atoms with Gasteiger partial charge in [0.15, 0.2) is 0 Å². The van der Waals surface area contributed by atoms with Gasteiger partial charge >= 0.3 is 6.09 Å². The van der Waals surface area contributed by atoms with Crippen LogP contribution in [0.25, 0.3) is 0 Å². The molecule has 4 atom stereocenters. The zero-order valence-corrected chi connectivity index (χ0v) is 26.6. The van der Waals surface area contributed by atoms with Crippen molar-refractivity contribution in [2.75, 3.05) is 6.54 Å². The number of amides is 4. The zero-order chi connectivity index (χ0) is 30.9. The number of allylic oxidation sites excluding steroid dienone is 1. The minimum Gasteiger partial charge on any atom is -0.444 e. The second-order valence-electron chi connectivity index (χ2n) is 12.4. The largest absolute Gasteiger partial charge is 0.444 e. The molecule has 3 N–H and O–H groups in total. The number of carbonyl (C=O) groups excluding carboxylic acids is 4. The number of fused-ring (bicyclic) bond motifs is 2. The van der Waals surface area contributed by atoms with E-state index in [-0.39, 0.29) is 23.1 Å². The van der Waals surface area contributed by atoms with Gasteiger partial charge in [-0.05, 0) is 79.2 Å². The zero-order valence-electron chi connectivity index (χ0n) is 24.9. The average molecular weight is 623 g/mol. The third-order valence-electron chi connectivity index (χ3n) is 7.84. The fourth-order valence-corrected chi connectivity index (χ4v) is 8.28. The number of rotatable bonds is 4. The molecule has 1 saturated carbocycles. The van der Waals surface area contributed by atoms with Crippen LogP contribution in [0.15, 0.2) is 23.1 Å². The lowest BCUT2D eigenvalue weighted by Gasteiger charge is -2.30. The van der Waals surface area contributed by atoms with Crippen molar-refractivity contribution in [3.8, 4) is 0 Å². The first kappa shape index (κ1) is 32.0. The fraction of sp³-hybridized carbons (Fsp3) is 0.655. The highest BCUT2D eigenvalue weighted by Crippen LogP contribution is 2.46. The molecule has 4 rings (SSSR count). The monoisotopic (exact) mass is 622 g/mol. The Bertz CT molecular complexity index is 1360. The second kappa shape index (κ2) is 12.4. The minimum absolute atomic E-state index is 0.0436. The SMILES string of the molecule is Cc1cc(S(=O)(=O)NC(=O)C23CC2C=CCCCCCC(NC(=O)OC(C)(C)C)C(=O)N2CCCC2C(=O)N3)c(C)s1. The summed E-state index contributed by atoms with van der Waals surface area (Å²) in [5.41, 5.74) is -2.18. The van der Waals surface area contributed by atoms with E-state index in [1.54, 1.807) is 34.6 Å². The standard InChI is InChI=1S/C29H42N4O7S2/c1-18-16-23(19(2)41-18)42(38,39)32-26(36)29-17-20(29)12-9-7-6-8-10-13-21(30-27(37)40-28(3,4)5)25(35)33-15-11-14-22(33)24(34)31-29/h9,12,16,20-22H,6-8,10-11,13-15,17H2,1-5H3,(H,30,37)(H,31,34)(H,32,36). The van der Waals surface area contributed by atoms with Crippen molar-refractivity contribution >= 4 is 45.2 Å². The highest BCUT2D eigenvalue weighted by Gasteiger charge is 2.61. The van der Waals surface area contributed by atoms with Crippen molar-refractivity contribution < 1.29 is 32.3 Å². The van der Waals surface area contributed by atoms with Crippen LogP contribution in [0.1, 0.15) is 81.9 Å². The first-order valence-electron chi connectivity index (χ1n) is 14.6. The number of sulfonamides is 1. The summed E-state index contributed by atoms with van der Waals surface area (Å²) in [6.07, 6.45) is 7.82. The van der Waals surface area contributed by atoms with Crippen LogP contribution < -0.4 is 15.4 Å². The summed E-state index contributed by atoms with van der Waals surface area (Å²) in [4.78, 5) is 56.4. The summed E-state index contributed by atoms with van der Waals surface area (Å²) in [6.45, 7) is 9.02. The number of nitrogens with one attached hydrogen (secondary N) is 3. The maximum atomic E-state index is 13.7. The molecule has 3 heterocycles. The number of hydrogen-bond acceptors (Lipinski definition) is 8. The van der Waals surface area contributed by atoms with Gasteiger partial charge in [-0.2, -0.15) is 0 Å². The van der Waals surface area contributed by atoms with Gasteiger partial charge in [-0.15, -0.1) is 11.3 Å². The molecule has 4 unspecified atom stereocenters. The molecule has 0 spiro atoms. The molecule has 4 amide bonds. The topological polar surface area (TPSA) is 151 Å². The van der Waals surface area contributed by atoms with Crippen LogP contribution in [0.2, 0.25) is 0 Å². The van der Waals surface area contributed by atoms with Crippen LogP contribution >= 0.6 is 11.3 Å². The van der Waals surface area contributed by atoms with Crippen molar-refractivity contribution in [3.05, 3.63) is 28.0 Å². The molecule has 0 aromatic carbocycles. The fourth-order valence-electron chi connectivity index (χ4n) is 5.69. The predicted octanol–water partition coefficient (Wildman–Crippen LogP) is 3.45. The number of hydrogen-bond donors (Lipinski definition) is 3. The first-order valence-corrected chi connectivity index (χ1v) is 16.9. The van der Waals surface area contributed by atoms with Gasteiger partial charge in [-0.3, -0.25) is 14.4 Å². The molecule has 3 aliphatic rings. The van der Waals surface area contributed by atoms with Crippen molar-refractivity contribution in [1.82, 2.24) is 20.3 Å². The van der Waals surface area contributed by atoms with E-state index < -0.39 is 51.2 Å². The van der Waals surface area contributed by atoms with E-state index >= 15 is 0 Å². The van der Waals surface area contributed by atoms with Crippen LogP contribution in [0.3, 0.4) is 0 Å². The second-order valence-corrected chi connectivity index (χ2v) is 15.5. The lowest BCUT2D eigenvalue weighted by Crippen LogP contribution is -2.58. The van der Waals surface area contributed by atoms with Crippen LogP contribution in [0, 0.1) is 19.8 Å². The van der Waals surface area contributed by atoms with Crippen molar-refractivity contribution in [2.45, 2.75) is 114 Å². The maximum absolute atomic E-state index is 13.7. The van der Waals surface area contributed by atoms with Gasteiger partial charge in [0.05, 0.1) is 0 Å². The summed E-state index contributed by atoms with van der Waals surface area (Å²) in [5.74, 6) is -2.06. The quantitative estimate of drug-likeness (QED) is 0.435. The summed E-state index contributed by atoms with van der Waals surface area (Å²) < 4.78 is 33.9. The maximum Gasteiger partial charge on any atom is 0.408 e. The molecule has 1 aromatic heterocycles. The smallest absolute Gasteiger partial charge is 0.408 e. The van der Waals surface area contributed by atoms with Gasteiger partial charge in [0.1, 0.15) is 28.1 Å². The molecule has 0 bridgehead atoms. The Morgan fingerprint density at radius 3 is 2.52 bits per heavy atom. The number of thiophene rings is 1. The molecule has 11 nitrogen and oxygen atoms in total. The number of ether oxygens (including phenoxy) is 1. The highest BCUT2D eigenvalue weighted by atomic mass is 32.2. The van der Waals surface area contributed by atoms with Crippen LogP contribution in [0.4, 0.5) is 4.79 Å². The van der Waals surface area contributed by atoms with E-state index in [0.717, 1.165) is 24.1 Å². The van der Waals surface area contributed by atoms with E-state index in [1.165, 1.54) is 22.3 Å². The molecular formula is C29H42N4O7S2. The van der Waals surface area contributed by atoms with Crippen LogP contribution in [-0.4, -0.2) is 66.9 Å². The predicted molar refractivity (Wildman–Crippen MR) is 158 cm³/mol. The van der Waals surface area contributed by atoms with Gasteiger partial charge in [0.2, 0.25) is 11.8 Å². The Labute approximate surface area is 251 Å². The Kier molecular flexibility index (Phi) is 9.41. The van der Waals surface area contributed by atoms with Crippen molar-refractivity contribution in [2.24, 2.45) is 5.92 Å². The Hall–Kier alpha value is -2.93. The Morgan fingerprint density at radius 1 is 1.12 bits per heavy atom. The van der Waals surface area contributed by atoms with Gasteiger partial charge in [-0.1, -0.05) is 25.0 Å². The molecule has 2 aliphatic heterocycles. The first-order chi connectivity index (χ1) is 19.6. The number of nitrogens with zero attached hydrogens (tertiary/aromatic N) is 1. The van der Waals surface area contributed by atoms with Gasteiger partial charge in [-0.25, -0.2) is 17.9 Å². The Morgan fingerprint density at radius 2 is 1.86 bits per heavy atom. The molecule has 0 radical (unpaired) electrons. The number of aryl methyl sites for hydroxylation is 2. The summed E-state index contributed by atoms with van der Waals surface area (Å²) in [6, 6.07) is -0.183. The third-order valence-corrected chi connectivity index (χ3v) is 10.4. The molecule has 1 aliphatic carbocycles. The third kappa shape index (κ3) is 7.34. The Balaban J connectivity index is 1.57. The number of alkyl carbamates (subject to hydrolysis) is 1. The van der Waals surface area contributed by atoms with Gasteiger partial charge in [0.25, 0.3) is 15.9 Å².